The molecule has 0 heterocycles. The van der Waals surface area contributed by atoms with E-state index in [1.165, 1.54) is 62.3 Å². The summed E-state index contributed by atoms with van der Waals surface area (Å²) in [5.41, 5.74) is 2.12. The van der Waals surface area contributed by atoms with Gasteiger partial charge in [0.05, 0.1) is 4.90 Å². The summed E-state index contributed by atoms with van der Waals surface area (Å²) in [6.07, 6.45) is 8.23. The van der Waals surface area contributed by atoms with Crippen LogP contribution in [-0.2, 0) is 20.2 Å². The van der Waals surface area contributed by atoms with Crippen LogP contribution < -0.4 is 15.2 Å². The fourth-order valence-corrected chi connectivity index (χ4v) is 7.03. The van der Waals surface area contributed by atoms with Crippen LogP contribution in [0.1, 0.15) is 44.1 Å². The number of ether oxygens (including phenoxy) is 1. The number of hydrogen-bond donors (Lipinski definition) is 2. The molecule has 0 unspecified atom stereocenters. The van der Waals surface area contributed by atoms with E-state index in [9.17, 15) is 13.2 Å². The minimum absolute atomic E-state index is 0.0496. The summed E-state index contributed by atoms with van der Waals surface area (Å²) in [6, 6.07) is 14.1. The van der Waals surface area contributed by atoms with Crippen molar-refractivity contribution in [3.05, 3.63) is 54.1 Å². The van der Waals surface area contributed by atoms with Gasteiger partial charge >= 0.3 is 0 Å². The molecule has 2 aromatic carbocycles. The SMILES string of the molecule is NS(=O)(=O)c1cccc(NC(=O)COc2ccc(C34CC5CC(CC(C5)C3)C4)cc2)c1. The molecule has 1 amide bonds. The van der Waals surface area contributed by atoms with Gasteiger partial charge in [-0.15, -0.1) is 0 Å². The van der Waals surface area contributed by atoms with Crippen LogP contribution >= 0.6 is 0 Å². The van der Waals surface area contributed by atoms with E-state index in [-0.39, 0.29) is 17.4 Å². The van der Waals surface area contributed by atoms with Crippen molar-refractivity contribution >= 4 is 21.6 Å². The molecule has 7 heteroatoms. The number of carbonyl (C=O) groups excluding carboxylic acids is 1. The summed E-state index contributed by atoms with van der Waals surface area (Å²) in [5.74, 6) is 2.99. The van der Waals surface area contributed by atoms with Gasteiger partial charge in [0.1, 0.15) is 5.75 Å². The lowest BCUT2D eigenvalue weighted by Gasteiger charge is -2.57. The molecule has 4 fully saturated rings. The van der Waals surface area contributed by atoms with Crippen molar-refractivity contribution in [2.45, 2.75) is 48.8 Å². The van der Waals surface area contributed by atoms with Crippen molar-refractivity contribution < 1.29 is 17.9 Å². The van der Waals surface area contributed by atoms with Crippen LogP contribution in [0.3, 0.4) is 0 Å². The van der Waals surface area contributed by atoms with E-state index < -0.39 is 10.0 Å². The van der Waals surface area contributed by atoms with E-state index >= 15 is 0 Å². The van der Waals surface area contributed by atoms with Gasteiger partial charge in [-0.3, -0.25) is 4.79 Å². The Morgan fingerprint density at radius 1 is 1.00 bits per heavy atom. The number of benzene rings is 2. The summed E-state index contributed by atoms with van der Waals surface area (Å²) in [7, 11) is -3.82. The van der Waals surface area contributed by atoms with E-state index in [4.69, 9.17) is 9.88 Å². The standard InChI is InChI=1S/C24H28N2O4S/c25-31(28,29)22-3-1-2-20(11-22)26-23(27)15-30-21-6-4-19(5-7-21)24-12-16-8-17(13-24)10-18(9-16)14-24/h1-7,11,16-18H,8-10,12-15H2,(H,26,27)(H2,25,28,29). The third-order valence-corrected chi connectivity index (χ3v) is 8.23. The van der Waals surface area contributed by atoms with Crippen molar-refractivity contribution in [3.63, 3.8) is 0 Å². The molecule has 2 aromatic rings. The summed E-state index contributed by atoms with van der Waals surface area (Å²) in [4.78, 5) is 12.2. The zero-order valence-corrected chi connectivity index (χ0v) is 18.2. The first-order valence-corrected chi connectivity index (χ1v) is 12.5. The number of amides is 1. The highest BCUT2D eigenvalue weighted by Crippen LogP contribution is 2.60. The maximum atomic E-state index is 12.2. The molecule has 0 saturated heterocycles. The van der Waals surface area contributed by atoms with Gasteiger partial charge in [0.2, 0.25) is 10.0 Å². The number of nitrogens with two attached hydrogens (primary N) is 1. The highest BCUT2D eigenvalue weighted by atomic mass is 32.2. The second-order valence-corrected chi connectivity index (χ2v) is 11.2. The van der Waals surface area contributed by atoms with Gasteiger partial charge in [0, 0.05) is 5.69 Å². The maximum absolute atomic E-state index is 12.2. The second-order valence-electron chi connectivity index (χ2n) is 9.63. The monoisotopic (exact) mass is 440 g/mol. The van der Waals surface area contributed by atoms with E-state index in [2.05, 4.69) is 17.4 Å². The van der Waals surface area contributed by atoms with Gasteiger partial charge in [-0.05, 0) is 97.6 Å². The largest absolute Gasteiger partial charge is 0.484 e. The molecule has 164 valence electrons. The first-order chi connectivity index (χ1) is 14.8. The fourth-order valence-electron chi connectivity index (χ4n) is 6.47. The normalized spacial score (nSPS) is 29.0. The summed E-state index contributed by atoms with van der Waals surface area (Å²) < 4.78 is 28.6. The molecule has 0 radical (unpaired) electrons. The molecular weight excluding hydrogens is 412 g/mol. The van der Waals surface area contributed by atoms with E-state index in [1.807, 2.05) is 12.1 Å². The number of nitrogens with one attached hydrogen (secondary N) is 1. The van der Waals surface area contributed by atoms with Crippen LogP contribution in [0.4, 0.5) is 5.69 Å². The Kier molecular flexibility index (Phi) is 5.06. The molecule has 6 rings (SSSR count). The maximum Gasteiger partial charge on any atom is 0.262 e. The number of hydrogen-bond acceptors (Lipinski definition) is 4. The molecule has 4 aliphatic rings. The summed E-state index contributed by atoms with van der Waals surface area (Å²) in [5, 5.41) is 7.77. The average molecular weight is 441 g/mol. The minimum Gasteiger partial charge on any atom is -0.484 e. The van der Waals surface area contributed by atoms with Crippen LogP contribution in [0.5, 0.6) is 5.75 Å². The minimum atomic E-state index is -3.82. The zero-order chi connectivity index (χ0) is 21.6. The fraction of sp³-hybridized carbons (Fsp3) is 0.458. The number of anilines is 1. The van der Waals surface area contributed by atoms with Gasteiger partial charge in [-0.2, -0.15) is 0 Å². The van der Waals surface area contributed by atoms with Crippen LogP contribution in [0.15, 0.2) is 53.4 Å². The Balaban J connectivity index is 1.20. The van der Waals surface area contributed by atoms with Gasteiger partial charge in [0.25, 0.3) is 5.91 Å². The van der Waals surface area contributed by atoms with E-state index in [1.54, 1.807) is 6.07 Å². The Morgan fingerprint density at radius 2 is 1.61 bits per heavy atom. The molecule has 0 spiro atoms. The highest BCUT2D eigenvalue weighted by molar-refractivity contribution is 7.89. The lowest BCUT2D eigenvalue weighted by molar-refractivity contribution is -0.118. The summed E-state index contributed by atoms with van der Waals surface area (Å²) in [6.45, 7) is -0.156. The van der Waals surface area contributed by atoms with Crippen LogP contribution in [0.2, 0.25) is 0 Å². The zero-order valence-electron chi connectivity index (χ0n) is 17.4. The number of primary sulfonamides is 1. The smallest absolute Gasteiger partial charge is 0.262 e. The quantitative estimate of drug-likeness (QED) is 0.713. The van der Waals surface area contributed by atoms with Crippen LogP contribution in [0, 0.1) is 17.8 Å². The molecule has 6 nitrogen and oxygen atoms in total. The molecular formula is C24H28N2O4S. The predicted octanol–water partition coefficient (Wildman–Crippen LogP) is 3.82. The van der Waals surface area contributed by atoms with Crippen molar-refractivity contribution in [2.24, 2.45) is 22.9 Å². The molecule has 4 aliphatic carbocycles. The molecule has 31 heavy (non-hydrogen) atoms. The molecule has 0 atom stereocenters. The molecule has 4 bridgehead atoms. The lowest BCUT2D eigenvalue weighted by atomic mass is 9.48. The van der Waals surface area contributed by atoms with E-state index in [0.717, 1.165) is 17.8 Å². The van der Waals surface area contributed by atoms with Crippen molar-refractivity contribution in [2.75, 3.05) is 11.9 Å². The second kappa shape index (κ2) is 7.64. The summed E-state index contributed by atoms with van der Waals surface area (Å²) >= 11 is 0. The Hall–Kier alpha value is -2.38. The van der Waals surface area contributed by atoms with E-state index in [0.29, 0.717) is 16.9 Å². The van der Waals surface area contributed by atoms with Crippen molar-refractivity contribution in [1.82, 2.24) is 0 Å². The molecule has 0 aromatic heterocycles. The third-order valence-electron chi connectivity index (χ3n) is 7.32. The van der Waals surface area contributed by atoms with Crippen molar-refractivity contribution in [1.29, 1.82) is 0 Å². The molecule has 3 N–H and O–H groups in total. The van der Waals surface area contributed by atoms with Gasteiger partial charge in [-0.1, -0.05) is 18.2 Å². The average Bonchev–Trinajstić information content (AvgIpc) is 2.71. The third kappa shape index (κ3) is 4.21. The first-order valence-electron chi connectivity index (χ1n) is 11.0. The topological polar surface area (TPSA) is 98.5 Å². The Morgan fingerprint density at radius 3 is 2.19 bits per heavy atom. The highest BCUT2D eigenvalue weighted by Gasteiger charge is 2.51. The van der Waals surface area contributed by atoms with Gasteiger partial charge in [0.15, 0.2) is 6.61 Å². The van der Waals surface area contributed by atoms with Gasteiger partial charge in [-0.25, -0.2) is 13.6 Å². The Bertz CT molecular complexity index is 1060. The predicted molar refractivity (Wildman–Crippen MR) is 118 cm³/mol. The van der Waals surface area contributed by atoms with Crippen LogP contribution in [0.25, 0.3) is 0 Å². The molecule has 4 saturated carbocycles. The van der Waals surface area contributed by atoms with Gasteiger partial charge < -0.3 is 10.1 Å². The Labute approximate surface area is 183 Å². The van der Waals surface area contributed by atoms with Crippen LogP contribution in [-0.4, -0.2) is 20.9 Å². The number of carbonyl (C=O) groups is 1. The first kappa shape index (κ1) is 20.5. The number of rotatable bonds is 6. The van der Waals surface area contributed by atoms with Crippen molar-refractivity contribution in [3.8, 4) is 5.75 Å². The molecule has 0 aliphatic heterocycles. The lowest BCUT2D eigenvalue weighted by Crippen LogP contribution is -2.48. The number of sulfonamides is 1.